The highest BCUT2D eigenvalue weighted by Gasteiger charge is 2.18. The first-order valence-electron chi connectivity index (χ1n) is 16.2. The molecule has 224 valence electrons. The molecule has 0 atom stereocenters. The summed E-state index contributed by atoms with van der Waals surface area (Å²) in [6.07, 6.45) is 1.88. The standard InChI is InChI=1S/C44H27N3S/c1-2-9-28(10-3-1)32-21-23-37-40(27-32)47(39-24-22-29-11-4-5-12-33(29)42(37)39)44-45-26-25-38(46-44)31-19-17-30(18-20-31)34-14-8-15-36-35-13-6-7-16-41(35)48-43(34)36/h1-27H. The van der Waals surface area contributed by atoms with E-state index in [-0.39, 0.29) is 0 Å². The molecule has 3 aromatic heterocycles. The Kier molecular flexibility index (Phi) is 6.05. The van der Waals surface area contributed by atoms with Crippen molar-refractivity contribution in [2.45, 2.75) is 0 Å². The predicted molar refractivity (Wildman–Crippen MR) is 203 cm³/mol. The van der Waals surface area contributed by atoms with Gasteiger partial charge in [0.2, 0.25) is 5.95 Å². The van der Waals surface area contributed by atoms with Crippen molar-refractivity contribution in [3.63, 3.8) is 0 Å². The Morgan fingerprint density at radius 2 is 1.23 bits per heavy atom. The fourth-order valence-corrected chi connectivity index (χ4v) is 8.46. The van der Waals surface area contributed by atoms with Gasteiger partial charge in [0.1, 0.15) is 0 Å². The van der Waals surface area contributed by atoms with E-state index in [4.69, 9.17) is 9.97 Å². The Morgan fingerprint density at radius 1 is 0.479 bits per heavy atom. The normalized spacial score (nSPS) is 11.8. The van der Waals surface area contributed by atoms with Gasteiger partial charge in [0, 0.05) is 42.7 Å². The van der Waals surface area contributed by atoms with E-state index in [1.807, 2.05) is 23.6 Å². The fraction of sp³-hybridized carbons (Fsp3) is 0. The molecule has 10 aromatic rings. The summed E-state index contributed by atoms with van der Waals surface area (Å²) in [4.78, 5) is 10.1. The minimum Gasteiger partial charge on any atom is -0.278 e. The van der Waals surface area contributed by atoms with Crippen molar-refractivity contribution >= 4 is 64.1 Å². The van der Waals surface area contributed by atoms with Crippen LogP contribution in [-0.2, 0) is 0 Å². The highest BCUT2D eigenvalue weighted by Crippen LogP contribution is 2.41. The Hall–Kier alpha value is -6.10. The minimum atomic E-state index is 0.659. The van der Waals surface area contributed by atoms with Gasteiger partial charge in [-0.25, -0.2) is 9.97 Å². The lowest BCUT2D eigenvalue weighted by Gasteiger charge is -2.10. The van der Waals surface area contributed by atoms with Crippen molar-refractivity contribution in [1.82, 2.24) is 14.5 Å². The zero-order valence-electron chi connectivity index (χ0n) is 25.8. The summed E-state index contributed by atoms with van der Waals surface area (Å²) in [7, 11) is 0. The van der Waals surface area contributed by atoms with Crippen molar-refractivity contribution in [3.8, 4) is 39.5 Å². The molecule has 0 aliphatic rings. The zero-order valence-corrected chi connectivity index (χ0v) is 26.7. The van der Waals surface area contributed by atoms with Crippen LogP contribution in [0, 0.1) is 0 Å². The number of benzene rings is 7. The van der Waals surface area contributed by atoms with Crippen LogP contribution in [0.5, 0.6) is 0 Å². The van der Waals surface area contributed by atoms with Crippen molar-refractivity contribution in [3.05, 3.63) is 164 Å². The maximum atomic E-state index is 5.20. The Balaban J connectivity index is 1.12. The summed E-state index contributed by atoms with van der Waals surface area (Å²) >= 11 is 1.86. The molecule has 0 aliphatic carbocycles. The van der Waals surface area contributed by atoms with E-state index >= 15 is 0 Å². The number of hydrogen-bond donors (Lipinski definition) is 0. The van der Waals surface area contributed by atoms with Crippen LogP contribution in [0.1, 0.15) is 0 Å². The summed E-state index contributed by atoms with van der Waals surface area (Å²) in [6.45, 7) is 0. The lowest BCUT2D eigenvalue weighted by molar-refractivity contribution is 0.992. The topological polar surface area (TPSA) is 30.7 Å². The first-order valence-corrected chi connectivity index (χ1v) is 17.0. The summed E-state index contributed by atoms with van der Waals surface area (Å²) in [6, 6.07) is 56.4. The van der Waals surface area contributed by atoms with Crippen LogP contribution in [0.4, 0.5) is 0 Å². The van der Waals surface area contributed by atoms with Gasteiger partial charge in [0.15, 0.2) is 0 Å². The largest absolute Gasteiger partial charge is 0.278 e. The first kappa shape index (κ1) is 27.1. The highest BCUT2D eigenvalue weighted by molar-refractivity contribution is 7.26. The van der Waals surface area contributed by atoms with Gasteiger partial charge in [0.05, 0.1) is 16.7 Å². The molecule has 0 fully saturated rings. The third-order valence-electron chi connectivity index (χ3n) is 9.50. The molecule has 4 heteroatoms. The van der Waals surface area contributed by atoms with E-state index in [0.717, 1.165) is 27.9 Å². The average molecular weight is 630 g/mol. The van der Waals surface area contributed by atoms with Gasteiger partial charge in [-0.2, -0.15) is 0 Å². The molecule has 0 amide bonds. The van der Waals surface area contributed by atoms with Gasteiger partial charge in [-0.1, -0.05) is 133 Å². The van der Waals surface area contributed by atoms with Crippen LogP contribution >= 0.6 is 11.3 Å². The predicted octanol–water partition coefficient (Wildman–Crippen LogP) is 12.1. The van der Waals surface area contributed by atoms with Gasteiger partial charge < -0.3 is 0 Å². The van der Waals surface area contributed by atoms with E-state index in [9.17, 15) is 0 Å². The molecule has 0 aliphatic heterocycles. The summed E-state index contributed by atoms with van der Waals surface area (Å²) in [5.74, 6) is 0.659. The van der Waals surface area contributed by atoms with Gasteiger partial charge in [-0.15, -0.1) is 11.3 Å². The number of hydrogen-bond acceptors (Lipinski definition) is 3. The van der Waals surface area contributed by atoms with Crippen LogP contribution < -0.4 is 0 Å². The fourth-order valence-electron chi connectivity index (χ4n) is 7.22. The number of thiophene rings is 1. The van der Waals surface area contributed by atoms with Crippen LogP contribution in [-0.4, -0.2) is 14.5 Å². The second-order valence-corrected chi connectivity index (χ2v) is 13.3. The molecule has 7 aromatic carbocycles. The van der Waals surface area contributed by atoms with Crippen LogP contribution in [0.2, 0.25) is 0 Å². The Labute approximate surface area is 281 Å². The average Bonchev–Trinajstić information content (AvgIpc) is 3.71. The van der Waals surface area contributed by atoms with Crippen molar-refractivity contribution < 1.29 is 0 Å². The van der Waals surface area contributed by atoms with Crippen molar-refractivity contribution in [2.75, 3.05) is 0 Å². The highest BCUT2D eigenvalue weighted by atomic mass is 32.1. The Bertz CT molecular complexity index is 2830. The van der Waals surface area contributed by atoms with Crippen molar-refractivity contribution in [2.24, 2.45) is 0 Å². The van der Waals surface area contributed by atoms with E-state index in [1.165, 1.54) is 58.4 Å². The third kappa shape index (κ3) is 4.20. The number of rotatable bonds is 4. The molecule has 3 nitrogen and oxygen atoms in total. The summed E-state index contributed by atoms with van der Waals surface area (Å²) < 4.78 is 4.87. The molecule has 0 saturated heterocycles. The number of nitrogens with zero attached hydrogens (tertiary/aromatic N) is 3. The van der Waals surface area contributed by atoms with E-state index in [0.29, 0.717) is 5.95 Å². The molecule has 0 saturated carbocycles. The van der Waals surface area contributed by atoms with Crippen LogP contribution in [0.15, 0.2) is 164 Å². The maximum Gasteiger partial charge on any atom is 0.235 e. The number of fused-ring (bicyclic) bond motifs is 8. The quantitative estimate of drug-likeness (QED) is 0.194. The Morgan fingerprint density at radius 3 is 2.12 bits per heavy atom. The van der Waals surface area contributed by atoms with Gasteiger partial charge in [0.25, 0.3) is 0 Å². The third-order valence-corrected chi connectivity index (χ3v) is 10.7. The van der Waals surface area contributed by atoms with Crippen LogP contribution in [0.3, 0.4) is 0 Å². The second kappa shape index (κ2) is 10.7. The van der Waals surface area contributed by atoms with E-state index in [1.54, 1.807) is 0 Å². The molecule has 0 radical (unpaired) electrons. The molecular formula is C44H27N3S. The lowest BCUT2D eigenvalue weighted by atomic mass is 10.0. The second-order valence-electron chi connectivity index (χ2n) is 12.2. The van der Waals surface area contributed by atoms with Crippen LogP contribution in [0.25, 0.3) is 92.2 Å². The maximum absolute atomic E-state index is 5.20. The smallest absolute Gasteiger partial charge is 0.235 e. The van der Waals surface area contributed by atoms with Gasteiger partial charge in [-0.05, 0) is 57.3 Å². The molecule has 0 unspecified atom stereocenters. The molecular weight excluding hydrogens is 603 g/mol. The number of aromatic nitrogens is 3. The zero-order chi connectivity index (χ0) is 31.6. The molecule has 10 rings (SSSR count). The molecule has 48 heavy (non-hydrogen) atoms. The molecule has 3 heterocycles. The lowest BCUT2D eigenvalue weighted by Crippen LogP contribution is -2.01. The van der Waals surface area contributed by atoms with Crippen molar-refractivity contribution in [1.29, 1.82) is 0 Å². The van der Waals surface area contributed by atoms with Gasteiger partial charge >= 0.3 is 0 Å². The molecule has 0 N–H and O–H groups in total. The van der Waals surface area contributed by atoms with E-state index < -0.39 is 0 Å². The molecule has 0 bridgehead atoms. The summed E-state index contributed by atoms with van der Waals surface area (Å²) in [5.41, 5.74) is 8.94. The minimum absolute atomic E-state index is 0.659. The monoisotopic (exact) mass is 629 g/mol. The summed E-state index contributed by atoms with van der Waals surface area (Å²) in [5, 5.41) is 7.49. The SMILES string of the molecule is c1ccc(-c2ccc3c4c5ccccc5ccc4n(-c4nccc(-c5ccc(-c6cccc7c6sc6ccccc67)cc5)n4)c3c2)cc1. The molecule has 0 spiro atoms. The van der Waals surface area contributed by atoms with Gasteiger partial charge in [-0.3, -0.25) is 4.57 Å². The first-order chi connectivity index (χ1) is 23.8. The van der Waals surface area contributed by atoms with E-state index in [2.05, 4.69) is 156 Å².